The number of amides is 2. The Morgan fingerprint density at radius 1 is 1.33 bits per heavy atom. The van der Waals surface area contributed by atoms with Gasteiger partial charge in [0.1, 0.15) is 5.75 Å². The van der Waals surface area contributed by atoms with Crippen LogP contribution in [0, 0.1) is 0 Å². The molecule has 0 aliphatic rings. The Balaban J connectivity index is 2.26. The highest BCUT2D eigenvalue weighted by molar-refractivity contribution is 6.35. The molecule has 0 aromatic heterocycles. The molecule has 0 spiro atoms. The molecule has 0 bridgehead atoms. The Bertz CT molecular complexity index is 400. The molecule has 0 saturated carbocycles. The number of halogens is 2. The number of ether oxygens (including phenoxy) is 1. The summed E-state index contributed by atoms with van der Waals surface area (Å²) in [4.78, 5) is 11.3. The third kappa shape index (κ3) is 5.47. The van der Waals surface area contributed by atoms with E-state index in [0.29, 0.717) is 22.3 Å². The van der Waals surface area contributed by atoms with E-state index in [0.717, 1.165) is 12.8 Å². The van der Waals surface area contributed by atoms with Gasteiger partial charge in [-0.05, 0) is 24.6 Å². The van der Waals surface area contributed by atoms with Crippen LogP contribution in [-0.2, 0) is 0 Å². The van der Waals surface area contributed by atoms with E-state index in [9.17, 15) is 4.79 Å². The number of nitrogens with one attached hydrogen (secondary N) is 2. The SMILES string of the molecule is CCCCNC(=O)NCOc1ccc(Cl)cc1Cl. The molecule has 1 rings (SSSR count). The summed E-state index contributed by atoms with van der Waals surface area (Å²) in [5.74, 6) is 0.481. The number of hydrogen-bond donors (Lipinski definition) is 2. The lowest BCUT2D eigenvalue weighted by atomic mass is 10.3. The Kier molecular flexibility index (Phi) is 6.68. The first kappa shape index (κ1) is 14.9. The molecule has 4 nitrogen and oxygen atoms in total. The van der Waals surface area contributed by atoms with Crippen LogP contribution in [0.4, 0.5) is 4.79 Å². The molecule has 100 valence electrons. The Morgan fingerprint density at radius 2 is 2.11 bits per heavy atom. The van der Waals surface area contributed by atoms with E-state index in [4.69, 9.17) is 27.9 Å². The first-order valence-electron chi connectivity index (χ1n) is 5.73. The zero-order valence-corrected chi connectivity index (χ0v) is 11.6. The minimum absolute atomic E-state index is 0.0549. The van der Waals surface area contributed by atoms with Crippen LogP contribution in [0.15, 0.2) is 18.2 Å². The molecule has 18 heavy (non-hydrogen) atoms. The van der Waals surface area contributed by atoms with E-state index < -0.39 is 0 Å². The zero-order chi connectivity index (χ0) is 13.4. The summed E-state index contributed by atoms with van der Waals surface area (Å²) < 4.78 is 5.31. The van der Waals surface area contributed by atoms with E-state index in [1.807, 2.05) is 0 Å². The van der Waals surface area contributed by atoms with Gasteiger partial charge in [0.25, 0.3) is 0 Å². The molecule has 0 radical (unpaired) electrons. The van der Waals surface area contributed by atoms with E-state index in [-0.39, 0.29) is 12.8 Å². The fraction of sp³-hybridized carbons (Fsp3) is 0.417. The summed E-state index contributed by atoms with van der Waals surface area (Å²) in [6, 6.07) is 4.65. The van der Waals surface area contributed by atoms with Crippen LogP contribution < -0.4 is 15.4 Å². The van der Waals surface area contributed by atoms with Crippen molar-refractivity contribution in [3.63, 3.8) is 0 Å². The Hall–Kier alpha value is -1.13. The van der Waals surface area contributed by atoms with E-state index in [1.165, 1.54) is 0 Å². The van der Waals surface area contributed by atoms with Crippen molar-refractivity contribution < 1.29 is 9.53 Å². The van der Waals surface area contributed by atoms with Crippen molar-refractivity contribution in [2.24, 2.45) is 0 Å². The smallest absolute Gasteiger partial charge is 0.317 e. The van der Waals surface area contributed by atoms with Crippen LogP contribution in [0.3, 0.4) is 0 Å². The number of carbonyl (C=O) groups excluding carboxylic acids is 1. The first-order valence-corrected chi connectivity index (χ1v) is 6.48. The molecule has 0 fully saturated rings. The molecular weight excluding hydrogens is 275 g/mol. The molecule has 1 aromatic rings. The highest BCUT2D eigenvalue weighted by Gasteiger charge is 2.03. The minimum Gasteiger partial charge on any atom is -0.472 e. The summed E-state index contributed by atoms with van der Waals surface area (Å²) in [7, 11) is 0. The summed E-state index contributed by atoms with van der Waals surface area (Å²) in [6.45, 7) is 2.77. The van der Waals surface area contributed by atoms with Crippen molar-refractivity contribution in [1.82, 2.24) is 10.6 Å². The van der Waals surface area contributed by atoms with Crippen LogP contribution in [-0.4, -0.2) is 19.3 Å². The maximum atomic E-state index is 11.3. The molecule has 0 aliphatic heterocycles. The highest BCUT2D eigenvalue weighted by Crippen LogP contribution is 2.27. The van der Waals surface area contributed by atoms with E-state index in [2.05, 4.69) is 17.6 Å². The molecule has 1 aromatic carbocycles. The number of hydrogen-bond acceptors (Lipinski definition) is 2. The van der Waals surface area contributed by atoms with Crippen LogP contribution >= 0.6 is 23.2 Å². The maximum Gasteiger partial charge on any atom is 0.317 e. The number of rotatable bonds is 6. The Labute approximate surface area is 117 Å². The molecular formula is C12H16Cl2N2O2. The first-order chi connectivity index (χ1) is 8.63. The maximum absolute atomic E-state index is 11.3. The lowest BCUT2D eigenvalue weighted by molar-refractivity contribution is 0.224. The van der Waals surface area contributed by atoms with Gasteiger partial charge >= 0.3 is 6.03 Å². The third-order valence-corrected chi connectivity index (χ3v) is 2.70. The lowest BCUT2D eigenvalue weighted by Gasteiger charge is -2.10. The fourth-order valence-electron chi connectivity index (χ4n) is 1.21. The average molecular weight is 291 g/mol. The summed E-state index contributed by atoms with van der Waals surface area (Å²) in [5.41, 5.74) is 0. The van der Waals surface area contributed by atoms with Crippen LogP contribution in [0.1, 0.15) is 19.8 Å². The van der Waals surface area contributed by atoms with Crippen molar-refractivity contribution in [2.75, 3.05) is 13.3 Å². The van der Waals surface area contributed by atoms with E-state index >= 15 is 0 Å². The van der Waals surface area contributed by atoms with Crippen LogP contribution in [0.5, 0.6) is 5.75 Å². The number of benzene rings is 1. The van der Waals surface area contributed by atoms with Gasteiger partial charge in [0.05, 0.1) is 5.02 Å². The Morgan fingerprint density at radius 3 is 2.78 bits per heavy atom. The van der Waals surface area contributed by atoms with Gasteiger partial charge in [-0.3, -0.25) is 0 Å². The number of unbranched alkanes of at least 4 members (excludes halogenated alkanes) is 1. The normalized spacial score (nSPS) is 9.94. The highest BCUT2D eigenvalue weighted by atomic mass is 35.5. The average Bonchev–Trinajstić information content (AvgIpc) is 2.32. The van der Waals surface area contributed by atoms with Crippen molar-refractivity contribution in [2.45, 2.75) is 19.8 Å². The molecule has 2 amide bonds. The summed E-state index contributed by atoms with van der Waals surface area (Å²) in [5, 5.41) is 6.23. The quantitative estimate of drug-likeness (QED) is 0.623. The van der Waals surface area contributed by atoms with Gasteiger partial charge in [-0.25, -0.2) is 4.79 Å². The van der Waals surface area contributed by atoms with Gasteiger partial charge in [0.2, 0.25) is 0 Å². The number of urea groups is 1. The summed E-state index contributed by atoms with van der Waals surface area (Å²) >= 11 is 11.7. The van der Waals surface area contributed by atoms with Gasteiger partial charge in [-0.15, -0.1) is 0 Å². The number of carbonyl (C=O) groups is 1. The van der Waals surface area contributed by atoms with Gasteiger partial charge in [0.15, 0.2) is 6.73 Å². The molecule has 0 heterocycles. The van der Waals surface area contributed by atoms with Gasteiger partial charge in [0, 0.05) is 11.6 Å². The van der Waals surface area contributed by atoms with Crippen molar-refractivity contribution in [1.29, 1.82) is 0 Å². The molecule has 0 saturated heterocycles. The monoisotopic (exact) mass is 290 g/mol. The van der Waals surface area contributed by atoms with Gasteiger partial charge in [-0.2, -0.15) is 0 Å². The molecule has 0 unspecified atom stereocenters. The second-order valence-electron chi connectivity index (χ2n) is 3.65. The summed E-state index contributed by atoms with van der Waals surface area (Å²) in [6.07, 6.45) is 1.99. The second kappa shape index (κ2) is 8.06. The third-order valence-electron chi connectivity index (χ3n) is 2.17. The molecule has 2 N–H and O–H groups in total. The van der Waals surface area contributed by atoms with Crippen LogP contribution in [0.25, 0.3) is 0 Å². The van der Waals surface area contributed by atoms with Gasteiger partial charge < -0.3 is 15.4 Å². The predicted octanol–water partition coefficient (Wildman–Crippen LogP) is 3.43. The topological polar surface area (TPSA) is 50.4 Å². The largest absolute Gasteiger partial charge is 0.472 e. The second-order valence-corrected chi connectivity index (χ2v) is 4.49. The van der Waals surface area contributed by atoms with E-state index in [1.54, 1.807) is 18.2 Å². The van der Waals surface area contributed by atoms with Crippen molar-refractivity contribution >= 4 is 29.2 Å². The van der Waals surface area contributed by atoms with Crippen molar-refractivity contribution in [3.8, 4) is 5.75 Å². The standard InChI is InChI=1S/C12H16Cl2N2O2/c1-2-3-6-15-12(17)16-8-18-11-5-4-9(13)7-10(11)14/h4-5,7H,2-3,6,8H2,1H3,(H2,15,16,17). The predicted molar refractivity (Wildman–Crippen MR) is 73.4 cm³/mol. The molecule has 6 heteroatoms. The lowest BCUT2D eigenvalue weighted by Crippen LogP contribution is -2.38. The van der Waals surface area contributed by atoms with Crippen LogP contribution in [0.2, 0.25) is 10.0 Å². The van der Waals surface area contributed by atoms with Gasteiger partial charge in [-0.1, -0.05) is 36.5 Å². The minimum atomic E-state index is -0.256. The van der Waals surface area contributed by atoms with Crippen molar-refractivity contribution in [3.05, 3.63) is 28.2 Å². The molecule has 0 aliphatic carbocycles. The molecule has 0 atom stereocenters. The zero-order valence-electron chi connectivity index (χ0n) is 10.1. The fourth-order valence-corrected chi connectivity index (χ4v) is 1.68.